The van der Waals surface area contributed by atoms with Gasteiger partial charge >= 0.3 is 0 Å². The molecular weight excluding hydrogens is 366 g/mol. The highest BCUT2D eigenvalue weighted by molar-refractivity contribution is 7.92. The Kier molecular flexibility index (Phi) is 6.11. The minimum absolute atomic E-state index is 0.116. The summed E-state index contributed by atoms with van der Waals surface area (Å²) in [6.07, 6.45) is 1.45. The first-order chi connectivity index (χ1) is 11.8. The van der Waals surface area contributed by atoms with E-state index in [1.165, 1.54) is 44.6 Å². The molecule has 0 aliphatic heterocycles. The van der Waals surface area contributed by atoms with Crippen molar-refractivity contribution in [2.24, 2.45) is 0 Å². The lowest BCUT2D eigenvalue weighted by molar-refractivity contribution is 0.185. The van der Waals surface area contributed by atoms with Crippen LogP contribution >= 0.6 is 0 Å². The molecule has 0 saturated heterocycles. The third-order valence-electron chi connectivity index (χ3n) is 3.34. The van der Waals surface area contributed by atoms with Crippen LogP contribution in [-0.4, -0.2) is 53.4 Å². The Balaban J connectivity index is 2.32. The van der Waals surface area contributed by atoms with Crippen LogP contribution in [0.15, 0.2) is 58.5 Å². The van der Waals surface area contributed by atoms with E-state index in [9.17, 15) is 16.8 Å². The fourth-order valence-electron chi connectivity index (χ4n) is 1.94. The van der Waals surface area contributed by atoms with Crippen molar-refractivity contribution in [3.05, 3.63) is 48.7 Å². The fraction of sp³-hybridized carbons (Fsp3) is 0.267. The molecule has 0 fully saturated rings. The molecule has 0 amide bonds. The largest absolute Gasteiger partial charge is 0.383 e. The molecule has 25 heavy (non-hydrogen) atoms. The number of hydrogen-bond donors (Lipinski definition) is 1. The van der Waals surface area contributed by atoms with Crippen LogP contribution < -0.4 is 4.72 Å². The molecule has 0 aliphatic carbocycles. The van der Waals surface area contributed by atoms with Gasteiger partial charge in [-0.3, -0.25) is 4.72 Å². The minimum Gasteiger partial charge on any atom is -0.383 e. The first kappa shape index (κ1) is 19.3. The molecule has 0 bridgehead atoms. The number of hydrogen-bond acceptors (Lipinski definition) is 6. The van der Waals surface area contributed by atoms with Crippen molar-refractivity contribution in [1.29, 1.82) is 0 Å². The number of ether oxygens (including phenoxy) is 1. The van der Waals surface area contributed by atoms with Crippen molar-refractivity contribution in [3.8, 4) is 0 Å². The lowest BCUT2D eigenvalue weighted by Crippen LogP contribution is -2.30. The van der Waals surface area contributed by atoms with E-state index >= 15 is 0 Å². The van der Waals surface area contributed by atoms with Gasteiger partial charge in [-0.15, -0.1) is 0 Å². The summed E-state index contributed by atoms with van der Waals surface area (Å²) in [6.45, 7) is 0.386. The summed E-state index contributed by atoms with van der Waals surface area (Å²) in [6, 6.07) is 9.94. The summed E-state index contributed by atoms with van der Waals surface area (Å²) in [5, 5.41) is 0. The number of benzene rings is 1. The molecule has 1 heterocycles. The average Bonchev–Trinajstić information content (AvgIpc) is 2.60. The Bertz CT molecular complexity index is 915. The second-order valence-corrected chi connectivity index (χ2v) is 8.84. The van der Waals surface area contributed by atoms with Crippen LogP contribution in [0, 0.1) is 0 Å². The van der Waals surface area contributed by atoms with Gasteiger partial charge in [0.15, 0.2) is 0 Å². The maximum absolute atomic E-state index is 12.5. The number of sulfonamides is 2. The molecule has 0 atom stereocenters. The Morgan fingerprint density at radius 2 is 1.80 bits per heavy atom. The van der Waals surface area contributed by atoms with Gasteiger partial charge in [-0.25, -0.2) is 21.8 Å². The van der Waals surface area contributed by atoms with Crippen LogP contribution in [-0.2, 0) is 24.8 Å². The summed E-state index contributed by atoms with van der Waals surface area (Å²) in [7, 11) is -4.91. The van der Waals surface area contributed by atoms with Gasteiger partial charge in [0.1, 0.15) is 5.82 Å². The normalized spacial score (nSPS) is 12.3. The smallest absolute Gasteiger partial charge is 0.263 e. The SMILES string of the molecule is COCCN(C)S(=O)(=O)c1cccc(S(=O)(=O)Nc2ccccn2)c1. The standard InChI is InChI=1S/C15H19N3O5S2/c1-18(10-11-23-2)25(21,22)14-7-5-6-13(12-14)24(19,20)17-15-8-3-4-9-16-15/h3-9,12H,10-11H2,1-2H3,(H,16,17). The maximum Gasteiger partial charge on any atom is 0.263 e. The Morgan fingerprint density at radius 1 is 1.08 bits per heavy atom. The second kappa shape index (κ2) is 7.91. The van der Waals surface area contributed by atoms with Crippen LogP contribution in [0.25, 0.3) is 0 Å². The van der Waals surface area contributed by atoms with Gasteiger partial charge < -0.3 is 4.74 Å². The molecule has 0 aliphatic rings. The van der Waals surface area contributed by atoms with E-state index in [2.05, 4.69) is 9.71 Å². The highest BCUT2D eigenvalue weighted by atomic mass is 32.2. The average molecular weight is 385 g/mol. The molecule has 1 aromatic carbocycles. The van der Waals surface area contributed by atoms with E-state index in [1.807, 2.05) is 0 Å². The van der Waals surface area contributed by atoms with Gasteiger partial charge in [-0.05, 0) is 30.3 Å². The van der Waals surface area contributed by atoms with Crippen molar-refractivity contribution in [3.63, 3.8) is 0 Å². The summed E-state index contributed by atoms with van der Waals surface area (Å²) < 4.78 is 58.2. The maximum atomic E-state index is 12.5. The van der Waals surface area contributed by atoms with E-state index in [-0.39, 0.29) is 28.8 Å². The third-order valence-corrected chi connectivity index (χ3v) is 6.54. The number of aromatic nitrogens is 1. The van der Waals surface area contributed by atoms with E-state index in [0.29, 0.717) is 0 Å². The zero-order valence-electron chi connectivity index (χ0n) is 13.8. The van der Waals surface area contributed by atoms with Crippen LogP contribution in [0.1, 0.15) is 0 Å². The predicted molar refractivity (Wildman–Crippen MR) is 93.2 cm³/mol. The topological polar surface area (TPSA) is 106 Å². The highest BCUT2D eigenvalue weighted by Crippen LogP contribution is 2.20. The van der Waals surface area contributed by atoms with E-state index in [4.69, 9.17) is 4.74 Å². The molecular formula is C15H19N3O5S2. The number of rotatable bonds is 8. The van der Waals surface area contributed by atoms with Gasteiger partial charge in [-0.2, -0.15) is 4.31 Å². The fourth-order valence-corrected chi connectivity index (χ4v) is 4.27. The number of likely N-dealkylation sites (N-methyl/N-ethyl adjacent to an activating group) is 1. The van der Waals surface area contributed by atoms with Gasteiger partial charge in [0.2, 0.25) is 10.0 Å². The molecule has 2 aromatic rings. The number of pyridine rings is 1. The summed E-state index contributed by atoms with van der Waals surface area (Å²) in [5.74, 6) is 0.146. The molecule has 0 unspecified atom stereocenters. The number of anilines is 1. The summed E-state index contributed by atoms with van der Waals surface area (Å²) in [5.41, 5.74) is 0. The quantitative estimate of drug-likeness (QED) is 0.731. The molecule has 2 rings (SSSR count). The first-order valence-corrected chi connectivity index (χ1v) is 10.2. The van der Waals surface area contributed by atoms with Crippen LogP contribution in [0.3, 0.4) is 0 Å². The second-order valence-electron chi connectivity index (χ2n) is 5.11. The molecule has 1 aromatic heterocycles. The minimum atomic E-state index is -3.96. The highest BCUT2D eigenvalue weighted by Gasteiger charge is 2.23. The van der Waals surface area contributed by atoms with Crippen LogP contribution in [0.4, 0.5) is 5.82 Å². The first-order valence-electron chi connectivity index (χ1n) is 7.26. The van der Waals surface area contributed by atoms with Gasteiger partial charge in [0, 0.05) is 26.9 Å². The lowest BCUT2D eigenvalue weighted by atomic mass is 10.4. The van der Waals surface area contributed by atoms with E-state index in [0.717, 1.165) is 10.4 Å². The summed E-state index contributed by atoms with van der Waals surface area (Å²) >= 11 is 0. The van der Waals surface area contributed by atoms with Gasteiger partial charge in [0.05, 0.1) is 16.4 Å². The van der Waals surface area contributed by atoms with Crippen molar-refractivity contribution >= 4 is 25.9 Å². The van der Waals surface area contributed by atoms with E-state index in [1.54, 1.807) is 12.1 Å². The van der Waals surface area contributed by atoms with Crippen LogP contribution in [0.5, 0.6) is 0 Å². The molecule has 8 nitrogen and oxygen atoms in total. The molecule has 0 radical (unpaired) electrons. The number of nitrogens with one attached hydrogen (secondary N) is 1. The molecule has 136 valence electrons. The van der Waals surface area contributed by atoms with Gasteiger partial charge in [0.25, 0.3) is 10.0 Å². The molecule has 1 N–H and O–H groups in total. The van der Waals surface area contributed by atoms with Crippen LogP contribution in [0.2, 0.25) is 0 Å². The Morgan fingerprint density at radius 3 is 2.44 bits per heavy atom. The van der Waals surface area contributed by atoms with Gasteiger partial charge in [-0.1, -0.05) is 12.1 Å². The molecule has 0 saturated carbocycles. The number of methoxy groups -OCH3 is 1. The van der Waals surface area contributed by atoms with Crippen molar-refractivity contribution < 1.29 is 21.6 Å². The van der Waals surface area contributed by atoms with Crippen molar-refractivity contribution in [1.82, 2.24) is 9.29 Å². The predicted octanol–water partition coefficient (Wildman–Crippen LogP) is 1.15. The van der Waals surface area contributed by atoms with Crippen molar-refractivity contribution in [2.75, 3.05) is 32.0 Å². The van der Waals surface area contributed by atoms with E-state index < -0.39 is 20.0 Å². The summed E-state index contributed by atoms with van der Waals surface area (Å²) in [4.78, 5) is 3.61. The number of nitrogens with zero attached hydrogens (tertiary/aromatic N) is 2. The monoisotopic (exact) mass is 385 g/mol. The Labute approximate surface area is 147 Å². The Hall–Kier alpha value is -2.01. The zero-order valence-corrected chi connectivity index (χ0v) is 15.4. The lowest BCUT2D eigenvalue weighted by Gasteiger charge is -2.17. The third kappa shape index (κ3) is 4.75. The van der Waals surface area contributed by atoms with Crippen molar-refractivity contribution in [2.45, 2.75) is 9.79 Å². The zero-order chi connectivity index (χ0) is 18.5. The molecule has 10 heteroatoms. The molecule has 0 spiro atoms.